The Morgan fingerprint density at radius 2 is 2.05 bits per heavy atom. The summed E-state index contributed by atoms with van der Waals surface area (Å²) < 4.78 is 31.8. The molecule has 21 heavy (non-hydrogen) atoms. The lowest BCUT2D eigenvalue weighted by molar-refractivity contribution is -0.118. The quantitative estimate of drug-likeness (QED) is 0.852. The fraction of sp³-hybridized carbons (Fsp3) is 0.0714. The zero-order valence-electron chi connectivity index (χ0n) is 10.7. The third-order valence-corrected chi connectivity index (χ3v) is 2.79. The van der Waals surface area contributed by atoms with Crippen molar-refractivity contribution in [1.29, 1.82) is 0 Å². The molecule has 0 bridgehead atoms. The molecule has 3 N–H and O–H groups in total. The number of hydrogen-bond acceptors (Lipinski definition) is 3. The highest BCUT2D eigenvalue weighted by molar-refractivity contribution is 6.30. The third kappa shape index (κ3) is 3.82. The molecular weight excluding hydrogens is 302 g/mol. The molecule has 7 heteroatoms. The minimum absolute atomic E-state index is 0.0787. The molecule has 0 saturated heterocycles. The summed E-state index contributed by atoms with van der Waals surface area (Å²) in [7, 11) is 0. The number of anilines is 2. The van der Waals surface area contributed by atoms with Crippen LogP contribution in [0.15, 0.2) is 36.4 Å². The predicted molar refractivity (Wildman–Crippen MR) is 76.3 cm³/mol. The maximum atomic E-state index is 13.5. The van der Waals surface area contributed by atoms with Gasteiger partial charge in [-0.25, -0.2) is 8.78 Å². The van der Waals surface area contributed by atoms with E-state index in [0.717, 1.165) is 12.1 Å². The van der Waals surface area contributed by atoms with Crippen molar-refractivity contribution in [3.8, 4) is 5.75 Å². The van der Waals surface area contributed by atoms with Crippen molar-refractivity contribution < 1.29 is 18.3 Å². The van der Waals surface area contributed by atoms with Gasteiger partial charge < -0.3 is 15.8 Å². The van der Waals surface area contributed by atoms with Gasteiger partial charge in [0.15, 0.2) is 18.2 Å². The smallest absolute Gasteiger partial charge is 0.262 e. The lowest BCUT2D eigenvalue weighted by Crippen LogP contribution is -2.21. The van der Waals surface area contributed by atoms with E-state index in [1.165, 1.54) is 6.07 Å². The summed E-state index contributed by atoms with van der Waals surface area (Å²) in [5.41, 5.74) is 5.00. The molecule has 2 aromatic rings. The Kier molecular flexibility index (Phi) is 4.59. The number of nitrogen functional groups attached to an aromatic ring is 1. The minimum atomic E-state index is -1.22. The number of carbonyl (C=O) groups is 1. The van der Waals surface area contributed by atoms with Gasteiger partial charge in [-0.3, -0.25) is 4.79 Å². The van der Waals surface area contributed by atoms with E-state index in [1.54, 1.807) is 18.2 Å². The number of carbonyl (C=O) groups excluding carboxylic acids is 1. The second-order valence-electron chi connectivity index (χ2n) is 4.12. The fourth-order valence-electron chi connectivity index (χ4n) is 1.57. The van der Waals surface area contributed by atoms with E-state index in [1.807, 2.05) is 0 Å². The van der Waals surface area contributed by atoms with Crippen LogP contribution in [0.5, 0.6) is 5.75 Å². The molecule has 0 heterocycles. The predicted octanol–water partition coefficient (Wildman–Crippen LogP) is 3.22. The van der Waals surface area contributed by atoms with Gasteiger partial charge in [-0.2, -0.15) is 0 Å². The number of nitrogens with one attached hydrogen (secondary N) is 1. The number of halogens is 3. The van der Waals surface area contributed by atoms with Crippen molar-refractivity contribution in [3.05, 3.63) is 53.1 Å². The van der Waals surface area contributed by atoms with E-state index in [9.17, 15) is 13.6 Å². The molecule has 0 spiro atoms. The molecule has 0 aliphatic heterocycles. The highest BCUT2D eigenvalue weighted by Gasteiger charge is 2.14. The Labute approximate surface area is 124 Å². The van der Waals surface area contributed by atoms with Crippen LogP contribution in [0.1, 0.15) is 0 Å². The number of nitrogens with two attached hydrogens (primary N) is 1. The first-order valence-electron chi connectivity index (χ1n) is 5.89. The van der Waals surface area contributed by atoms with Gasteiger partial charge in [-0.05, 0) is 30.3 Å². The normalized spacial score (nSPS) is 10.2. The van der Waals surface area contributed by atoms with Crippen molar-refractivity contribution in [2.75, 3.05) is 17.7 Å². The highest BCUT2D eigenvalue weighted by atomic mass is 35.5. The molecule has 110 valence electrons. The molecule has 0 aliphatic rings. The Morgan fingerprint density at radius 3 is 2.76 bits per heavy atom. The Bertz CT molecular complexity index is 680. The van der Waals surface area contributed by atoms with Gasteiger partial charge in [-0.1, -0.05) is 17.7 Å². The number of rotatable bonds is 4. The van der Waals surface area contributed by atoms with Gasteiger partial charge in [0.2, 0.25) is 0 Å². The van der Waals surface area contributed by atoms with Crippen molar-refractivity contribution >= 4 is 28.9 Å². The molecule has 2 aromatic carbocycles. The van der Waals surface area contributed by atoms with Crippen LogP contribution in [0, 0.1) is 11.6 Å². The van der Waals surface area contributed by atoms with Crippen LogP contribution in [0.4, 0.5) is 20.2 Å². The summed E-state index contributed by atoms with van der Waals surface area (Å²) in [6, 6.07) is 8.47. The van der Waals surface area contributed by atoms with Crippen LogP contribution in [0.2, 0.25) is 5.02 Å². The first-order valence-corrected chi connectivity index (χ1v) is 6.27. The van der Waals surface area contributed by atoms with Crippen LogP contribution in [-0.4, -0.2) is 12.5 Å². The number of benzene rings is 2. The van der Waals surface area contributed by atoms with Crippen LogP contribution < -0.4 is 15.8 Å². The second kappa shape index (κ2) is 6.41. The Balaban J connectivity index is 2.01. The van der Waals surface area contributed by atoms with Gasteiger partial charge in [0.05, 0.1) is 5.69 Å². The van der Waals surface area contributed by atoms with Gasteiger partial charge in [0.25, 0.3) is 5.91 Å². The van der Waals surface area contributed by atoms with E-state index in [0.29, 0.717) is 10.8 Å². The second-order valence-corrected chi connectivity index (χ2v) is 4.56. The van der Waals surface area contributed by atoms with E-state index in [4.69, 9.17) is 22.1 Å². The number of hydrogen-bond donors (Lipinski definition) is 2. The van der Waals surface area contributed by atoms with Gasteiger partial charge in [0.1, 0.15) is 11.4 Å². The summed E-state index contributed by atoms with van der Waals surface area (Å²) in [5, 5.41) is 2.62. The topological polar surface area (TPSA) is 64.3 Å². The Morgan fingerprint density at radius 1 is 1.29 bits per heavy atom. The molecule has 0 radical (unpaired) electrons. The SMILES string of the molecule is Nc1ccc(F)c(F)c1NC(=O)COc1cccc(Cl)c1. The standard InChI is InChI=1S/C14H11ClF2N2O2/c15-8-2-1-3-9(6-8)21-7-12(20)19-14-11(18)5-4-10(16)13(14)17/h1-6H,7,18H2,(H,19,20). The van der Waals surface area contributed by atoms with Gasteiger partial charge in [0, 0.05) is 5.02 Å². The third-order valence-electron chi connectivity index (χ3n) is 2.56. The molecular formula is C14H11ClF2N2O2. The number of ether oxygens (including phenoxy) is 1. The molecule has 0 fully saturated rings. The summed E-state index contributed by atoms with van der Waals surface area (Å²) in [4.78, 5) is 11.7. The molecule has 0 aliphatic carbocycles. The highest BCUT2D eigenvalue weighted by Crippen LogP contribution is 2.24. The molecule has 1 amide bonds. The molecule has 0 unspecified atom stereocenters. The number of amides is 1. The van der Waals surface area contributed by atoms with Crippen molar-refractivity contribution in [2.24, 2.45) is 0 Å². The fourth-order valence-corrected chi connectivity index (χ4v) is 1.75. The molecule has 0 saturated carbocycles. The van der Waals surface area contributed by atoms with E-state index in [2.05, 4.69) is 5.32 Å². The molecule has 2 rings (SSSR count). The average Bonchev–Trinajstić information content (AvgIpc) is 2.46. The molecule has 0 atom stereocenters. The van der Waals surface area contributed by atoms with Gasteiger partial charge in [-0.15, -0.1) is 0 Å². The molecule has 4 nitrogen and oxygen atoms in total. The first kappa shape index (κ1) is 15.1. The lowest BCUT2D eigenvalue weighted by Gasteiger charge is -2.10. The largest absolute Gasteiger partial charge is 0.484 e. The summed E-state index contributed by atoms with van der Waals surface area (Å²) >= 11 is 5.76. The van der Waals surface area contributed by atoms with E-state index < -0.39 is 29.8 Å². The molecule has 0 aromatic heterocycles. The average molecular weight is 313 g/mol. The minimum Gasteiger partial charge on any atom is -0.484 e. The van der Waals surface area contributed by atoms with E-state index >= 15 is 0 Å². The summed E-state index contributed by atoms with van der Waals surface area (Å²) in [5.74, 6) is -2.61. The van der Waals surface area contributed by atoms with Crippen LogP contribution in [0.25, 0.3) is 0 Å². The zero-order valence-corrected chi connectivity index (χ0v) is 11.5. The maximum absolute atomic E-state index is 13.5. The maximum Gasteiger partial charge on any atom is 0.262 e. The van der Waals surface area contributed by atoms with Gasteiger partial charge >= 0.3 is 0 Å². The van der Waals surface area contributed by atoms with Crippen molar-refractivity contribution in [2.45, 2.75) is 0 Å². The summed E-state index contributed by atoms with van der Waals surface area (Å²) in [6.45, 7) is -0.393. The van der Waals surface area contributed by atoms with Crippen LogP contribution >= 0.6 is 11.6 Å². The Hall–Kier alpha value is -2.34. The van der Waals surface area contributed by atoms with Crippen molar-refractivity contribution in [1.82, 2.24) is 0 Å². The zero-order chi connectivity index (χ0) is 15.4. The van der Waals surface area contributed by atoms with Crippen LogP contribution in [-0.2, 0) is 4.79 Å². The first-order chi connectivity index (χ1) is 9.97. The lowest BCUT2D eigenvalue weighted by atomic mass is 10.2. The van der Waals surface area contributed by atoms with Crippen LogP contribution in [0.3, 0.4) is 0 Å². The monoisotopic (exact) mass is 312 g/mol. The summed E-state index contributed by atoms with van der Waals surface area (Å²) in [6.07, 6.45) is 0. The van der Waals surface area contributed by atoms with E-state index in [-0.39, 0.29) is 5.69 Å². The van der Waals surface area contributed by atoms with Crippen molar-refractivity contribution in [3.63, 3.8) is 0 Å².